The zero-order valence-corrected chi connectivity index (χ0v) is 12.3. The van der Waals surface area contributed by atoms with Crippen molar-refractivity contribution in [1.82, 2.24) is 0 Å². The molecule has 1 saturated carbocycles. The zero-order chi connectivity index (χ0) is 11.2. The summed E-state index contributed by atoms with van der Waals surface area (Å²) in [5.41, 5.74) is 3.19. The van der Waals surface area contributed by atoms with Crippen molar-refractivity contribution in [2.45, 2.75) is 37.5 Å². The fraction of sp³-hybridized carbons (Fsp3) is 0.429. The van der Waals surface area contributed by atoms with Crippen LogP contribution in [0.15, 0.2) is 28.7 Å². The highest BCUT2D eigenvalue weighted by atomic mass is 79.9. The van der Waals surface area contributed by atoms with Crippen molar-refractivity contribution >= 4 is 36.3 Å². The Morgan fingerprint density at radius 1 is 0.938 bits per heavy atom. The van der Waals surface area contributed by atoms with Crippen LogP contribution in [-0.4, -0.2) is 0 Å². The monoisotopic (exact) mass is 340 g/mol. The van der Waals surface area contributed by atoms with E-state index in [1.165, 1.54) is 52.2 Å². The molecule has 1 aromatic rings. The van der Waals surface area contributed by atoms with Crippen LogP contribution in [0.25, 0.3) is 4.48 Å². The van der Waals surface area contributed by atoms with E-state index in [1.54, 1.807) is 0 Å². The maximum absolute atomic E-state index is 3.84. The Morgan fingerprint density at radius 3 is 2.38 bits per heavy atom. The largest absolute Gasteiger partial charge is 0.0619 e. The minimum absolute atomic E-state index is 0.285. The molecular weight excluding hydrogens is 328 g/mol. The third-order valence-electron chi connectivity index (χ3n) is 4.00. The van der Waals surface area contributed by atoms with Crippen molar-refractivity contribution in [3.63, 3.8) is 0 Å². The number of benzene rings is 1. The third kappa shape index (κ3) is 1.39. The Labute approximate surface area is 113 Å². The summed E-state index contributed by atoms with van der Waals surface area (Å²) in [6.07, 6.45) is 6.68. The van der Waals surface area contributed by atoms with Gasteiger partial charge in [-0.15, -0.1) is 0 Å². The number of hydrogen-bond acceptors (Lipinski definition) is 0. The summed E-state index contributed by atoms with van der Waals surface area (Å²) in [5.74, 6) is 0. The topological polar surface area (TPSA) is 0 Å². The van der Waals surface area contributed by atoms with Crippen molar-refractivity contribution in [2.24, 2.45) is 0 Å². The Bertz CT molecular complexity index is 454. The summed E-state index contributed by atoms with van der Waals surface area (Å²) < 4.78 is 2.64. The second-order valence-electron chi connectivity index (χ2n) is 4.82. The predicted molar refractivity (Wildman–Crippen MR) is 76.0 cm³/mol. The summed E-state index contributed by atoms with van der Waals surface area (Å²) >= 11 is 7.58. The molecule has 0 aromatic heterocycles. The molecule has 2 aliphatic carbocycles. The van der Waals surface area contributed by atoms with E-state index in [2.05, 4.69) is 56.1 Å². The predicted octanol–water partition coefficient (Wildman–Crippen LogP) is 5.36. The van der Waals surface area contributed by atoms with E-state index >= 15 is 0 Å². The lowest BCUT2D eigenvalue weighted by Gasteiger charge is -2.35. The van der Waals surface area contributed by atoms with Crippen LogP contribution in [0.2, 0.25) is 0 Å². The lowest BCUT2D eigenvalue weighted by atomic mass is 9.71. The molecule has 2 heteroatoms. The molecular formula is C14H14Br2. The van der Waals surface area contributed by atoms with Crippen LogP contribution >= 0.6 is 31.9 Å². The normalized spacial score (nSPS) is 22.6. The maximum Gasteiger partial charge on any atom is 0.0361 e. The molecule has 0 nitrogen and oxygen atoms in total. The molecule has 2 aliphatic rings. The van der Waals surface area contributed by atoms with Gasteiger partial charge in [0, 0.05) is 14.4 Å². The van der Waals surface area contributed by atoms with Crippen molar-refractivity contribution in [1.29, 1.82) is 0 Å². The Balaban J connectivity index is 2.19. The van der Waals surface area contributed by atoms with Gasteiger partial charge in [0.1, 0.15) is 0 Å². The second kappa shape index (κ2) is 3.99. The molecule has 0 heterocycles. The molecule has 0 N–H and O–H groups in total. The minimum atomic E-state index is 0.285. The van der Waals surface area contributed by atoms with Gasteiger partial charge in [0.15, 0.2) is 0 Å². The average Bonchev–Trinajstić information content (AvgIpc) is 2.55. The first-order valence-electron chi connectivity index (χ1n) is 5.91. The Hall–Kier alpha value is -0.0800. The van der Waals surface area contributed by atoms with Gasteiger partial charge >= 0.3 is 0 Å². The lowest BCUT2D eigenvalue weighted by molar-refractivity contribution is 0.358. The van der Waals surface area contributed by atoms with Crippen LogP contribution < -0.4 is 0 Å². The van der Waals surface area contributed by atoms with E-state index < -0.39 is 0 Å². The number of allylic oxidation sites excluding steroid dienone is 1. The quantitative estimate of drug-likeness (QED) is 0.595. The fourth-order valence-corrected chi connectivity index (χ4v) is 4.73. The summed E-state index contributed by atoms with van der Waals surface area (Å²) in [5, 5.41) is 0. The smallest absolute Gasteiger partial charge is 0.0361 e. The molecule has 0 atom stereocenters. The van der Waals surface area contributed by atoms with Crippen molar-refractivity contribution in [3.05, 3.63) is 39.9 Å². The highest BCUT2D eigenvalue weighted by molar-refractivity contribution is 9.16. The van der Waals surface area contributed by atoms with Gasteiger partial charge in [0.05, 0.1) is 0 Å². The summed E-state index contributed by atoms with van der Waals surface area (Å²) in [6, 6.07) is 8.82. The van der Waals surface area contributed by atoms with Gasteiger partial charge in [-0.25, -0.2) is 0 Å². The van der Waals surface area contributed by atoms with E-state index in [0.29, 0.717) is 0 Å². The molecule has 1 aromatic carbocycles. The number of halogens is 2. The average molecular weight is 342 g/mol. The van der Waals surface area contributed by atoms with Crippen LogP contribution in [0.3, 0.4) is 0 Å². The molecule has 0 saturated heterocycles. The van der Waals surface area contributed by atoms with Gasteiger partial charge in [-0.3, -0.25) is 0 Å². The van der Waals surface area contributed by atoms with E-state index in [0.717, 1.165) is 0 Å². The third-order valence-corrected chi connectivity index (χ3v) is 6.51. The van der Waals surface area contributed by atoms with Crippen LogP contribution in [0.4, 0.5) is 0 Å². The standard InChI is InChI=1S/C14H14Br2/c15-12-10-6-2-3-7-11(10)14(13(12)16)8-4-1-5-9-14/h2-3,6-7H,1,4-5,8-9H2. The molecule has 3 rings (SSSR count). The van der Waals surface area contributed by atoms with Gasteiger partial charge in [-0.2, -0.15) is 0 Å². The van der Waals surface area contributed by atoms with Gasteiger partial charge in [-0.05, 0) is 39.9 Å². The number of hydrogen-bond donors (Lipinski definition) is 0. The van der Waals surface area contributed by atoms with Crippen LogP contribution in [0.5, 0.6) is 0 Å². The lowest BCUT2D eigenvalue weighted by Crippen LogP contribution is -2.27. The van der Waals surface area contributed by atoms with Crippen molar-refractivity contribution < 1.29 is 0 Å². The highest BCUT2D eigenvalue weighted by Gasteiger charge is 2.43. The fourth-order valence-electron chi connectivity index (χ4n) is 3.18. The first-order chi connectivity index (χ1) is 7.76. The van der Waals surface area contributed by atoms with Crippen LogP contribution in [-0.2, 0) is 5.41 Å². The first-order valence-corrected chi connectivity index (χ1v) is 7.50. The van der Waals surface area contributed by atoms with Crippen LogP contribution in [0.1, 0.15) is 43.2 Å². The second-order valence-corrected chi connectivity index (χ2v) is 6.40. The van der Waals surface area contributed by atoms with Gasteiger partial charge in [0.2, 0.25) is 0 Å². The van der Waals surface area contributed by atoms with E-state index in [4.69, 9.17) is 0 Å². The Kier molecular flexibility index (Phi) is 2.75. The zero-order valence-electron chi connectivity index (χ0n) is 9.10. The minimum Gasteiger partial charge on any atom is -0.0619 e. The Morgan fingerprint density at radius 2 is 1.62 bits per heavy atom. The molecule has 0 amide bonds. The van der Waals surface area contributed by atoms with Crippen LogP contribution in [0, 0.1) is 0 Å². The van der Waals surface area contributed by atoms with Crippen molar-refractivity contribution in [2.75, 3.05) is 0 Å². The maximum atomic E-state index is 3.84. The molecule has 1 spiro atoms. The van der Waals surface area contributed by atoms with Gasteiger partial charge in [-0.1, -0.05) is 59.5 Å². The number of fused-ring (bicyclic) bond motifs is 2. The molecule has 84 valence electrons. The number of rotatable bonds is 0. The first kappa shape index (κ1) is 11.0. The molecule has 0 unspecified atom stereocenters. The van der Waals surface area contributed by atoms with Crippen molar-refractivity contribution in [3.8, 4) is 0 Å². The van der Waals surface area contributed by atoms with Gasteiger partial charge in [0.25, 0.3) is 0 Å². The highest BCUT2D eigenvalue weighted by Crippen LogP contribution is 2.57. The summed E-state index contributed by atoms with van der Waals surface area (Å²) in [7, 11) is 0. The molecule has 0 bridgehead atoms. The summed E-state index contributed by atoms with van der Waals surface area (Å²) in [4.78, 5) is 0. The molecule has 0 aliphatic heterocycles. The van der Waals surface area contributed by atoms with Gasteiger partial charge < -0.3 is 0 Å². The van der Waals surface area contributed by atoms with E-state index in [-0.39, 0.29) is 5.41 Å². The molecule has 0 radical (unpaired) electrons. The molecule has 1 fully saturated rings. The van der Waals surface area contributed by atoms with E-state index in [1.807, 2.05) is 0 Å². The van der Waals surface area contributed by atoms with E-state index in [9.17, 15) is 0 Å². The molecule has 16 heavy (non-hydrogen) atoms. The SMILES string of the molecule is BrC1=C(Br)C2(CCCCC2)c2ccccc21. The summed E-state index contributed by atoms with van der Waals surface area (Å²) in [6.45, 7) is 0.